The summed E-state index contributed by atoms with van der Waals surface area (Å²) in [5.41, 5.74) is -0.940. The first-order valence-electron chi connectivity index (χ1n) is 6.19. The average molecular weight is 309 g/mol. The Hall–Kier alpha value is -1.70. The van der Waals surface area contributed by atoms with Gasteiger partial charge in [-0.2, -0.15) is 0 Å². The van der Waals surface area contributed by atoms with Crippen molar-refractivity contribution in [1.82, 2.24) is 4.90 Å². The molecule has 0 bridgehead atoms. The van der Waals surface area contributed by atoms with E-state index >= 15 is 0 Å². The molecular formula is C13H12F5NO2. The van der Waals surface area contributed by atoms with Crippen molar-refractivity contribution < 1.29 is 31.9 Å². The molecular weight excluding hydrogens is 297 g/mol. The summed E-state index contributed by atoms with van der Waals surface area (Å²) in [6, 6.07) is 0. The lowest BCUT2D eigenvalue weighted by molar-refractivity contribution is -0.142. The predicted molar refractivity (Wildman–Crippen MR) is 61.8 cm³/mol. The van der Waals surface area contributed by atoms with Gasteiger partial charge >= 0.3 is 5.97 Å². The number of hydrogen-bond donors (Lipinski definition) is 1. The minimum Gasteiger partial charge on any atom is -0.481 e. The van der Waals surface area contributed by atoms with Gasteiger partial charge < -0.3 is 5.11 Å². The summed E-state index contributed by atoms with van der Waals surface area (Å²) in [5.74, 6) is -12.0. The van der Waals surface area contributed by atoms with Crippen molar-refractivity contribution in [2.45, 2.75) is 13.5 Å². The summed E-state index contributed by atoms with van der Waals surface area (Å²) >= 11 is 0. The van der Waals surface area contributed by atoms with E-state index in [9.17, 15) is 26.7 Å². The van der Waals surface area contributed by atoms with Crippen LogP contribution in [-0.2, 0) is 11.3 Å². The first-order chi connectivity index (χ1) is 9.73. The van der Waals surface area contributed by atoms with Gasteiger partial charge in [-0.1, -0.05) is 6.92 Å². The van der Waals surface area contributed by atoms with Crippen LogP contribution in [0.1, 0.15) is 12.5 Å². The van der Waals surface area contributed by atoms with Gasteiger partial charge in [0.25, 0.3) is 0 Å². The van der Waals surface area contributed by atoms with E-state index in [1.165, 1.54) is 4.90 Å². The van der Waals surface area contributed by atoms with Crippen molar-refractivity contribution in [3.8, 4) is 0 Å². The van der Waals surface area contributed by atoms with E-state index in [0.717, 1.165) is 0 Å². The van der Waals surface area contributed by atoms with E-state index in [1.807, 2.05) is 0 Å². The molecule has 0 radical (unpaired) electrons. The molecule has 2 atom stereocenters. The van der Waals surface area contributed by atoms with Crippen LogP contribution in [0.5, 0.6) is 0 Å². The summed E-state index contributed by atoms with van der Waals surface area (Å²) in [6.07, 6.45) is 0. The first-order valence-corrected chi connectivity index (χ1v) is 6.19. The molecule has 1 aromatic rings. The van der Waals surface area contributed by atoms with Crippen molar-refractivity contribution in [1.29, 1.82) is 0 Å². The quantitative estimate of drug-likeness (QED) is 0.530. The van der Waals surface area contributed by atoms with E-state index in [4.69, 9.17) is 5.11 Å². The summed E-state index contributed by atoms with van der Waals surface area (Å²) in [4.78, 5) is 12.3. The first kappa shape index (κ1) is 15.7. The fraction of sp³-hybridized carbons (Fsp3) is 0.462. The van der Waals surface area contributed by atoms with Crippen molar-refractivity contribution in [3.63, 3.8) is 0 Å². The Morgan fingerprint density at radius 3 is 1.95 bits per heavy atom. The largest absolute Gasteiger partial charge is 0.481 e. The average Bonchev–Trinajstić information content (AvgIpc) is 2.80. The van der Waals surface area contributed by atoms with Crippen molar-refractivity contribution >= 4 is 5.97 Å². The van der Waals surface area contributed by atoms with Gasteiger partial charge in [0.2, 0.25) is 5.82 Å². The van der Waals surface area contributed by atoms with Crippen LogP contribution in [0.3, 0.4) is 0 Å². The molecule has 0 aromatic heterocycles. The molecule has 1 heterocycles. The Labute approximate surface area is 117 Å². The maximum absolute atomic E-state index is 13.5. The highest BCUT2D eigenvalue weighted by molar-refractivity contribution is 5.71. The highest BCUT2D eigenvalue weighted by Crippen LogP contribution is 2.28. The minimum atomic E-state index is -2.20. The number of likely N-dealkylation sites (tertiary alicyclic amines) is 1. The fourth-order valence-corrected chi connectivity index (χ4v) is 2.53. The molecule has 1 aliphatic rings. The fourth-order valence-electron chi connectivity index (χ4n) is 2.53. The second-order valence-corrected chi connectivity index (χ2v) is 5.16. The van der Waals surface area contributed by atoms with Gasteiger partial charge in [0, 0.05) is 25.2 Å². The molecule has 1 N–H and O–H groups in total. The number of aliphatic carboxylic acids is 1. The zero-order valence-corrected chi connectivity index (χ0v) is 11.0. The summed E-state index contributed by atoms with van der Waals surface area (Å²) < 4.78 is 66.2. The van der Waals surface area contributed by atoms with Gasteiger partial charge in [0.15, 0.2) is 23.3 Å². The van der Waals surface area contributed by atoms with Crippen molar-refractivity contribution in [2.24, 2.45) is 11.8 Å². The maximum atomic E-state index is 13.5. The highest BCUT2D eigenvalue weighted by Gasteiger charge is 2.36. The second-order valence-electron chi connectivity index (χ2n) is 5.16. The zero-order valence-electron chi connectivity index (χ0n) is 11.0. The Bertz CT molecular complexity index is 563. The Morgan fingerprint density at radius 2 is 1.52 bits per heavy atom. The molecule has 21 heavy (non-hydrogen) atoms. The predicted octanol–water partition coefficient (Wildman–Crippen LogP) is 2.53. The van der Waals surface area contributed by atoms with Gasteiger partial charge in [0.05, 0.1) is 5.92 Å². The lowest BCUT2D eigenvalue weighted by Crippen LogP contribution is -2.24. The standard InChI is InChI=1S/C13H12F5NO2/c1-5-2-19(3-6(5)13(20)21)4-7-8(14)10(16)12(18)11(17)9(7)15/h5-6H,2-4H2,1H3,(H,20,21)/t5-,6-/m1/s1. The van der Waals surface area contributed by atoms with E-state index in [1.54, 1.807) is 6.92 Å². The third-order valence-electron chi connectivity index (χ3n) is 3.69. The Balaban J connectivity index is 2.28. The minimum absolute atomic E-state index is 0.00397. The summed E-state index contributed by atoms with van der Waals surface area (Å²) in [5, 5.41) is 8.96. The van der Waals surface area contributed by atoms with Crippen LogP contribution in [0.25, 0.3) is 0 Å². The van der Waals surface area contributed by atoms with Gasteiger partial charge in [-0.25, -0.2) is 22.0 Å². The maximum Gasteiger partial charge on any atom is 0.308 e. The third-order valence-corrected chi connectivity index (χ3v) is 3.69. The number of carboxylic acid groups (broad SMARTS) is 1. The molecule has 2 rings (SSSR count). The van der Waals surface area contributed by atoms with Gasteiger partial charge in [-0.05, 0) is 5.92 Å². The van der Waals surface area contributed by atoms with Crippen molar-refractivity contribution in [2.75, 3.05) is 13.1 Å². The molecule has 1 fully saturated rings. The van der Waals surface area contributed by atoms with Crippen LogP contribution in [-0.4, -0.2) is 29.1 Å². The lowest BCUT2D eigenvalue weighted by atomic mass is 9.99. The number of hydrogen-bond acceptors (Lipinski definition) is 2. The topological polar surface area (TPSA) is 40.5 Å². The molecule has 1 aliphatic heterocycles. The molecule has 0 unspecified atom stereocenters. The molecule has 116 valence electrons. The van der Waals surface area contributed by atoms with Crippen LogP contribution in [0.15, 0.2) is 0 Å². The normalized spacial score (nSPS) is 22.8. The van der Waals surface area contributed by atoms with E-state index in [0.29, 0.717) is 0 Å². The van der Waals surface area contributed by atoms with Gasteiger partial charge in [0.1, 0.15) is 0 Å². The Kier molecular flexibility index (Phi) is 4.18. The van der Waals surface area contributed by atoms with E-state index < -0.39 is 53.1 Å². The van der Waals surface area contributed by atoms with Crippen LogP contribution >= 0.6 is 0 Å². The smallest absolute Gasteiger partial charge is 0.308 e. The molecule has 0 saturated carbocycles. The third kappa shape index (κ3) is 2.72. The Morgan fingerprint density at radius 1 is 1.05 bits per heavy atom. The van der Waals surface area contributed by atoms with E-state index in [-0.39, 0.29) is 19.0 Å². The molecule has 0 aliphatic carbocycles. The molecule has 0 spiro atoms. The number of nitrogens with zero attached hydrogens (tertiary/aromatic N) is 1. The van der Waals surface area contributed by atoms with Gasteiger partial charge in [-0.3, -0.25) is 9.69 Å². The highest BCUT2D eigenvalue weighted by atomic mass is 19.2. The second kappa shape index (κ2) is 5.59. The number of carboxylic acids is 1. The van der Waals surface area contributed by atoms with Crippen LogP contribution < -0.4 is 0 Å². The van der Waals surface area contributed by atoms with Crippen molar-refractivity contribution in [3.05, 3.63) is 34.6 Å². The molecule has 8 heteroatoms. The summed E-state index contributed by atoms with van der Waals surface area (Å²) in [6.45, 7) is 1.32. The lowest BCUT2D eigenvalue weighted by Gasteiger charge is -2.17. The molecule has 1 saturated heterocycles. The number of carbonyl (C=O) groups is 1. The number of benzene rings is 1. The zero-order chi connectivity index (χ0) is 15.9. The number of halogens is 5. The number of rotatable bonds is 3. The van der Waals surface area contributed by atoms with Gasteiger partial charge in [-0.15, -0.1) is 0 Å². The molecule has 0 amide bonds. The SMILES string of the molecule is C[C@@H]1CN(Cc2c(F)c(F)c(F)c(F)c2F)C[C@H]1C(=O)O. The van der Waals surface area contributed by atoms with Crippen LogP contribution in [0, 0.1) is 40.9 Å². The summed E-state index contributed by atoms with van der Waals surface area (Å²) in [7, 11) is 0. The monoisotopic (exact) mass is 309 g/mol. The van der Waals surface area contributed by atoms with Crippen LogP contribution in [0.4, 0.5) is 22.0 Å². The molecule has 3 nitrogen and oxygen atoms in total. The van der Waals surface area contributed by atoms with E-state index in [2.05, 4.69) is 0 Å². The van der Waals surface area contributed by atoms with Crippen LogP contribution in [0.2, 0.25) is 0 Å². The molecule has 1 aromatic carbocycles.